The summed E-state index contributed by atoms with van der Waals surface area (Å²) < 4.78 is 0. The van der Waals surface area contributed by atoms with Gasteiger partial charge in [0.1, 0.15) is 0 Å². The van der Waals surface area contributed by atoms with Gasteiger partial charge in [-0.3, -0.25) is 0 Å². The topological polar surface area (TPSA) is 136 Å². The molecular weight excluding hydrogens is 306 g/mol. The summed E-state index contributed by atoms with van der Waals surface area (Å²) in [5.41, 5.74) is 14.4. The second-order valence-corrected chi connectivity index (χ2v) is 4.57. The number of anilines is 2. The van der Waals surface area contributed by atoms with Gasteiger partial charge in [-0.05, 0) is 28.5 Å². The van der Waals surface area contributed by atoms with Crippen LogP contribution in [0.15, 0.2) is 42.5 Å². The molecule has 0 aliphatic heterocycles. The van der Waals surface area contributed by atoms with E-state index in [-0.39, 0.29) is 0 Å². The maximum absolute atomic E-state index is 11.0. The number of nitrogens with zero attached hydrogens (tertiary/aromatic N) is 3. The van der Waals surface area contributed by atoms with Gasteiger partial charge in [0, 0.05) is 5.56 Å². The van der Waals surface area contributed by atoms with Gasteiger partial charge in [0.25, 0.3) is 0 Å². The van der Waals surface area contributed by atoms with E-state index in [9.17, 15) is 4.79 Å². The Hall–Kier alpha value is -3.42. The van der Waals surface area contributed by atoms with Gasteiger partial charge in [0.15, 0.2) is 0 Å². The summed E-state index contributed by atoms with van der Waals surface area (Å²) in [6.07, 6.45) is 0. The van der Waals surface area contributed by atoms with Crippen LogP contribution in [0, 0.1) is 0 Å². The number of primary amides is 1. The fourth-order valence-corrected chi connectivity index (χ4v) is 2.17. The molecule has 0 bridgehead atoms. The largest absolute Gasteiger partial charge is 0.397 e. The molecule has 2 amide bonds. The number of carbonyl (C=O) groups excluding carboxylic acids is 1. The molecule has 0 unspecified atom stereocenters. The summed E-state index contributed by atoms with van der Waals surface area (Å²) in [7, 11) is 0. The lowest BCUT2D eigenvalue weighted by Crippen LogP contribution is -2.20. The van der Waals surface area contributed by atoms with Crippen molar-refractivity contribution in [1.29, 1.82) is 0 Å². The highest BCUT2D eigenvalue weighted by Crippen LogP contribution is 2.33. The first kappa shape index (κ1) is 16.9. The molecule has 0 radical (unpaired) electrons. The van der Waals surface area contributed by atoms with Crippen LogP contribution < -0.4 is 16.8 Å². The van der Waals surface area contributed by atoms with Crippen molar-refractivity contribution in [1.82, 2.24) is 20.6 Å². The number of aromatic nitrogens is 4. The highest BCUT2D eigenvalue weighted by molar-refractivity contribution is 5.93. The van der Waals surface area contributed by atoms with Crippen LogP contribution in [0.25, 0.3) is 22.5 Å². The molecular formula is C16H19N7O. The van der Waals surface area contributed by atoms with Crippen LogP contribution in [-0.2, 0) is 0 Å². The van der Waals surface area contributed by atoms with Crippen LogP contribution >= 0.6 is 0 Å². The van der Waals surface area contributed by atoms with Gasteiger partial charge in [-0.25, -0.2) is 4.79 Å². The van der Waals surface area contributed by atoms with E-state index in [1.54, 1.807) is 12.1 Å². The minimum Gasteiger partial charge on any atom is -0.397 e. The van der Waals surface area contributed by atoms with Crippen LogP contribution in [0.2, 0.25) is 0 Å². The Morgan fingerprint density at radius 3 is 2.46 bits per heavy atom. The smallest absolute Gasteiger partial charge is 0.316 e. The molecule has 0 atom stereocenters. The van der Waals surface area contributed by atoms with Crippen LogP contribution in [-0.4, -0.2) is 26.7 Å². The molecule has 2 aromatic carbocycles. The first-order chi connectivity index (χ1) is 11.6. The molecule has 0 aliphatic rings. The number of hydrogen-bond donors (Lipinski definition) is 4. The average molecular weight is 325 g/mol. The molecule has 0 aliphatic carbocycles. The average Bonchev–Trinajstić information content (AvgIpc) is 3.13. The molecule has 1 aromatic heterocycles. The third-order valence-corrected chi connectivity index (χ3v) is 3.14. The first-order valence-corrected chi connectivity index (χ1v) is 7.44. The van der Waals surface area contributed by atoms with Crippen molar-refractivity contribution >= 4 is 17.4 Å². The van der Waals surface area contributed by atoms with Crippen molar-refractivity contribution in [3.8, 4) is 22.5 Å². The number of nitrogens with one attached hydrogen (secondary N) is 2. The Morgan fingerprint density at radius 1 is 1.12 bits per heavy atom. The molecule has 8 nitrogen and oxygen atoms in total. The lowest BCUT2D eigenvalue weighted by Gasteiger charge is -2.11. The van der Waals surface area contributed by atoms with Crippen molar-refractivity contribution in [2.24, 2.45) is 5.73 Å². The van der Waals surface area contributed by atoms with Crippen molar-refractivity contribution in [3.05, 3.63) is 42.5 Å². The Balaban J connectivity index is 0.00000100. The molecule has 6 N–H and O–H groups in total. The van der Waals surface area contributed by atoms with Gasteiger partial charge in [0.2, 0.25) is 5.82 Å². The number of tetrazole rings is 1. The van der Waals surface area contributed by atoms with Crippen LogP contribution in [0.1, 0.15) is 13.8 Å². The van der Waals surface area contributed by atoms with Crippen molar-refractivity contribution in [2.75, 3.05) is 11.1 Å². The van der Waals surface area contributed by atoms with E-state index in [0.29, 0.717) is 17.2 Å². The van der Waals surface area contributed by atoms with Gasteiger partial charge >= 0.3 is 6.03 Å². The number of carbonyl (C=O) groups is 1. The Labute approximate surface area is 139 Å². The van der Waals surface area contributed by atoms with E-state index in [1.807, 2.05) is 44.2 Å². The van der Waals surface area contributed by atoms with Crippen LogP contribution in [0.5, 0.6) is 0 Å². The van der Waals surface area contributed by atoms with E-state index < -0.39 is 6.03 Å². The van der Waals surface area contributed by atoms with Gasteiger partial charge in [0.05, 0.1) is 11.4 Å². The van der Waals surface area contributed by atoms with Gasteiger partial charge in [-0.2, -0.15) is 5.21 Å². The number of nitrogens with two attached hydrogens (primary N) is 2. The number of nitrogen functional groups attached to an aromatic ring is 1. The van der Waals surface area contributed by atoms with E-state index >= 15 is 0 Å². The minimum atomic E-state index is -0.671. The van der Waals surface area contributed by atoms with Crippen LogP contribution in [0.3, 0.4) is 0 Å². The van der Waals surface area contributed by atoms with Crippen molar-refractivity contribution in [3.63, 3.8) is 0 Å². The Bertz CT molecular complexity index is 815. The third-order valence-electron chi connectivity index (χ3n) is 3.14. The van der Waals surface area contributed by atoms with E-state index in [2.05, 4.69) is 25.9 Å². The second kappa shape index (κ2) is 7.73. The summed E-state index contributed by atoms with van der Waals surface area (Å²) in [5.74, 6) is 0.483. The molecule has 3 rings (SSSR count). The molecule has 1 heterocycles. The molecule has 3 aromatic rings. The van der Waals surface area contributed by atoms with E-state index in [1.165, 1.54) is 0 Å². The molecule has 124 valence electrons. The molecule has 0 fully saturated rings. The molecule has 0 saturated heterocycles. The number of H-pyrrole nitrogens is 1. The second-order valence-electron chi connectivity index (χ2n) is 4.57. The predicted molar refractivity (Wildman–Crippen MR) is 94.0 cm³/mol. The zero-order valence-corrected chi connectivity index (χ0v) is 13.4. The maximum atomic E-state index is 11.0. The number of hydrogen-bond acceptors (Lipinski definition) is 5. The summed E-state index contributed by atoms with van der Waals surface area (Å²) in [6.45, 7) is 4.00. The molecule has 8 heteroatoms. The lowest BCUT2D eigenvalue weighted by molar-refractivity contribution is 0.259. The van der Waals surface area contributed by atoms with Gasteiger partial charge < -0.3 is 16.8 Å². The number of amides is 2. The normalized spacial score (nSPS) is 9.75. The van der Waals surface area contributed by atoms with Gasteiger partial charge in [-0.1, -0.05) is 44.2 Å². The molecule has 24 heavy (non-hydrogen) atoms. The lowest BCUT2D eigenvalue weighted by atomic mass is 9.98. The number of aromatic amines is 1. The SMILES string of the molecule is CC.NC(=O)Nc1cc(-c2ccccc2-c2nn[nH]n2)ccc1N. The molecule has 0 spiro atoms. The predicted octanol–water partition coefficient (Wildman–Crippen LogP) is 2.63. The van der Waals surface area contributed by atoms with E-state index in [0.717, 1.165) is 16.7 Å². The minimum absolute atomic E-state index is 0.430. The van der Waals surface area contributed by atoms with E-state index in [4.69, 9.17) is 11.5 Å². The zero-order chi connectivity index (χ0) is 17.5. The fraction of sp³-hybridized carbons (Fsp3) is 0.125. The quantitative estimate of drug-likeness (QED) is 0.549. The summed E-state index contributed by atoms with van der Waals surface area (Å²) >= 11 is 0. The highest BCUT2D eigenvalue weighted by Gasteiger charge is 2.12. The van der Waals surface area contributed by atoms with Crippen molar-refractivity contribution < 1.29 is 4.79 Å². The number of benzene rings is 2. The standard InChI is InChI=1S/C14H13N7O.C2H6/c15-11-6-5-8(7-12(11)17-14(16)22)9-3-1-2-4-10(9)13-18-20-21-19-13;1-2/h1-7H,15H2,(H3,16,17,22)(H,18,19,20,21);1-2H3. The number of rotatable bonds is 3. The Morgan fingerprint density at radius 2 is 1.83 bits per heavy atom. The highest BCUT2D eigenvalue weighted by atomic mass is 16.2. The fourth-order valence-electron chi connectivity index (χ4n) is 2.17. The van der Waals surface area contributed by atoms with Crippen LogP contribution in [0.4, 0.5) is 16.2 Å². The monoisotopic (exact) mass is 325 g/mol. The maximum Gasteiger partial charge on any atom is 0.316 e. The summed E-state index contributed by atoms with van der Waals surface area (Å²) in [5, 5.41) is 16.5. The molecule has 0 saturated carbocycles. The van der Waals surface area contributed by atoms with Crippen molar-refractivity contribution in [2.45, 2.75) is 13.8 Å². The summed E-state index contributed by atoms with van der Waals surface area (Å²) in [6, 6.07) is 12.2. The Kier molecular flexibility index (Phi) is 5.45. The zero-order valence-electron chi connectivity index (χ0n) is 13.4. The van der Waals surface area contributed by atoms with Gasteiger partial charge in [-0.15, -0.1) is 10.2 Å². The first-order valence-electron chi connectivity index (χ1n) is 7.44. The third kappa shape index (κ3) is 3.67. The number of urea groups is 1. The summed E-state index contributed by atoms with van der Waals surface area (Å²) in [4.78, 5) is 11.0.